The smallest absolute Gasteiger partial charge is 0.254 e. The first-order valence-corrected chi connectivity index (χ1v) is 10.4. The van der Waals surface area contributed by atoms with Gasteiger partial charge < -0.3 is 10.2 Å². The van der Waals surface area contributed by atoms with Crippen molar-refractivity contribution in [2.24, 2.45) is 0 Å². The quantitative estimate of drug-likeness (QED) is 0.557. The first-order valence-electron chi connectivity index (χ1n) is 9.32. The summed E-state index contributed by atoms with van der Waals surface area (Å²) >= 11 is 2.17. The molecule has 1 N–H and O–H groups in total. The Balaban J connectivity index is 1.56. The summed E-state index contributed by atoms with van der Waals surface area (Å²) in [6.45, 7) is 1.96. The average molecular weight is 497 g/mol. The topological polar surface area (TPSA) is 62.3 Å². The first-order chi connectivity index (χ1) is 13.9. The second kappa shape index (κ2) is 7.94. The van der Waals surface area contributed by atoms with Gasteiger partial charge in [-0.25, -0.2) is 0 Å². The zero-order valence-corrected chi connectivity index (χ0v) is 18.3. The van der Waals surface area contributed by atoms with Crippen molar-refractivity contribution in [1.29, 1.82) is 0 Å². The Hall–Kier alpha value is -2.74. The predicted octanol–water partition coefficient (Wildman–Crippen LogP) is 3.98. The Morgan fingerprint density at radius 3 is 2.45 bits per heavy atom. The van der Waals surface area contributed by atoms with Crippen LogP contribution in [0.5, 0.6) is 0 Å². The fraction of sp³-hybridized carbons (Fsp3) is 0.174. The number of pyridine rings is 1. The Morgan fingerprint density at radius 2 is 1.76 bits per heavy atom. The van der Waals surface area contributed by atoms with E-state index in [1.807, 2.05) is 67.7 Å². The molecule has 29 heavy (non-hydrogen) atoms. The van der Waals surface area contributed by atoms with Gasteiger partial charge in [0.15, 0.2) is 0 Å². The third-order valence-corrected chi connectivity index (χ3v) is 5.81. The maximum Gasteiger partial charge on any atom is 0.254 e. The minimum atomic E-state index is -0.607. The lowest BCUT2D eigenvalue weighted by Crippen LogP contribution is -2.45. The molecule has 0 saturated carbocycles. The zero-order valence-electron chi connectivity index (χ0n) is 16.1. The minimum absolute atomic E-state index is 0.120. The van der Waals surface area contributed by atoms with E-state index >= 15 is 0 Å². The van der Waals surface area contributed by atoms with E-state index in [9.17, 15) is 9.59 Å². The molecule has 2 heterocycles. The molecule has 1 atom stereocenters. The molecular formula is C23H20IN3O2. The molecule has 6 heteroatoms. The number of hydrogen-bond acceptors (Lipinski definition) is 3. The van der Waals surface area contributed by atoms with Gasteiger partial charge in [-0.3, -0.25) is 14.6 Å². The van der Waals surface area contributed by atoms with Crippen molar-refractivity contribution in [2.75, 3.05) is 11.9 Å². The van der Waals surface area contributed by atoms with Crippen LogP contribution in [0.4, 0.5) is 5.69 Å². The number of halogens is 1. The van der Waals surface area contributed by atoms with Gasteiger partial charge >= 0.3 is 0 Å². The molecule has 1 aliphatic rings. The van der Waals surface area contributed by atoms with E-state index < -0.39 is 6.04 Å². The maximum atomic E-state index is 13.0. The zero-order chi connectivity index (χ0) is 20.5. The van der Waals surface area contributed by atoms with Crippen molar-refractivity contribution in [3.63, 3.8) is 0 Å². The van der Waals surface area contributed by atoms with Crippen LogP contribution in [0.2, 0.25) is 0 Å². The van der Waals surface area contributed by atoms with Crippen LogP contribution < -0.4 is 10.2 Å². The Morgan fingerprint density at radius 1 is 1.03 bits per heavy atom. The highest BCUT2D eigenvalue weighted by Gasteiger charge is 2.31. The van der Waals surface area contributed by atoms with Crippen LogP contribution in [-0.4, -0.2) is 29.9 Å². The fourth-order valence-electron chi connectivity index (χ4n) is 3.48. The summed E-state index contributed by atoms with van der Waals surface area (Å²) in [5.41, 5.74) is 5.24. The molecular weight excluding hydrogens is 477 g/mol. The van der Waals surface area contributed by atoms with Crippen LogP contribution in [0.3, 0.4) is 0 Å². The van der Waals surface area contributed by atoms with Gasteiger partial charge in [0.25, 0.3) is 5.91 Å². The van der Waals surface area contributed by atoms with E-state index in [-0.39, 0.29) is 11.8 Å². The number of aromatic nitrogens is 1. The summed E-state index contributed by atoms with van der Waals surface area (Å²) in [5, 5.41) is 2.90. The summed E-state index contributed by atoms with van der Waals surface area (Å²) in [6, 6.07) is 17.0. The SMILES string of the molecule is Cc1ccc(-c2ccc(CC3NC(=O)c4cc(I)ccc4N(C)C3=O)cc2)cn1. The molecule has 1 unspecified atom stereocenters. The normalized spacial score (nSPS) is 16.2. The monoisotopic (exact) mass is 497 g/mol. The molecule has 0 aliphatic carbocycles. The van der Waals surface area contributed by atoms with E-state index in [1.165, 1.54) is 0 Å². The number of nitrogens with zero attached hydrogens (tertiary/aromatic N) is 2. The lowest BCUT2D eigenvalue weighted by atomic mass is 10.0. The number of aryl methyl sites for hydroxylation is 1. The number of rotatable bonds is 3. The number of anilines is 1. The van der Waals surface area contributed by atoms with Gasteiger partial charge in [0, 0.05) is 34.5 Å². The van der Waals surface area contributed by atoms with Gasteiger partial charge in [-0.2, -0.15) is 0 Å². The van der Waals surface area contributed by atoms with Crippen molar-refractivity contribution in [3.8, 4) is 11.1 Å². The fourth-order valence-corrected chi connectivity index (χ4v) is 3.97. The molecule has 146 valence electrons. The number of likely N-dealkylation sites (N-methyl/N-ethyl adjacent to an activating group) is 1. The average Bonchev–Trinajstić information content (AvgIpc) is 2.80. The molecule has 4 rings (SSSR count). The Kier molecular flexibility index (Phi) is 5.36. The van der Waals surface area contributed by atoms with Crippen molar-refractivity contribution < 1.29 is 9.59 Å². The van der Waals surface area contributed by atoms with Crippen molar-refractivity contribution in [2.45, 2.75) is 19.4 Å². The highest BCUT2D eigenvalue weighted by molar-refractivity contribution is 14.1. The largest absolute Gasteiger partial charge is 0.340 e. The van der Waals surface area contributed by atoms with Gasteiger partial charge in [0.05, 0.1) is 11.3 Å². The van der Waals surface area contributed by atoms with Gasteiger partial charge in [0.2, 0.25) is 5.91 Å². The minimum Gasteiger partial charge on any atom is -0.340 e. The number of carbonyl (C=O) groups is 2. The van der Waals surface area contributed by atoms with Crippen LogP contribution in [0.15, 0.2) is 60.8 Å². The molecule has 0 fully saturated rings. The van der Waals surface area contributed by atoms with E-state index in [1.54, 1.807) is 11.9 Å². The first kappa shape index (κ1) is 19.6. The second-order valence-corrected chi connectivity index (χ2v) is 8.42. The second-order valence-electron chi connectivity index (χ2n) is 7.17. The number of nitrogens with one attached hydrogen (secondary N) is 1. The number of carbonyl (C=O) groups excluding carboxylic acids is 2. The summed E-state index contributed by atoms with van der Waals surface area (Å²) in [4.78, 5) is 31.6. The van der Waals surface area contributed by atoms with Gasteiger partial charge in [0.1, 0.15) is 6.04 Å². The van der Waals surface area contributed by atoms with E-state index in [2.05, 4.69) is 32.9 Å². The van der Waals surface area contributed by atoms with Crippen LogP contribution in [-0.2, 0) is 11.2 Å². The maximum absolute atomic E-state index is 13.0. The predicted molar refractivity (Wildman–Crippen MR) is 122 cm³/mol. The highest BCUT2D eigenvalue weighted by atomic mass is 127. The molecule has 2 amide bonds. The number of benzene rings is 2. The Bertz CT molecular complexity index is 1080. The molecule has 2 aromatic carbocycles. The van der Waals surface area contributed by atoms with E-state index in [0.29, 0.717) is 17.7 Å². The molecule has 1 aliphatic heterocycles. The molecule has 0 radical (unpaired) electrons. The van der Waals surface area contributed by atoms with Gasteiger partial charge in [-0.1, -0.05) is 30.3 Å². The summed E-state index contributed by atoms with van der Waals surface area (Å²) < 4.78 is 0.956. The van der Waals surface area contributed by atoms with Crippen LogP contribution in [0, 0.1) is 10.5 Å². The van der Waals surface area contributed by atoms with Crippen LogP contribution in [0.25, 0.3) is 11.1 Å². The lowest BCUT2D eigenvalue weighted by molar-refractivity contribution is -0.120. The summed E-state index contributed by atoms with van der Waals surface area (Å²) in [5.74, 6) is -0.339. The number of amides is 2. The molecule has 3 aromatic rings. The van der Waals surface area contributed by atoms with Crippen molar-refractivity contribution >= 4 is 40.1 Å². The van der Waals surface area contributed by atoms with E-state index in [0.717, 1.165) is 26.0 Å². The molecule has 1 aromatic heterocycles. The lowest BCUT2D eigenvalue weighted by Gasteiger charge is -2.21. The van der Waals surface area contributed by atoms with Crippen molar-refractivity contribution in [1.82, 2.24) is 10.3 Å². The van der Waals surface area contributed by atoms with Gasteiger partial charge in [-0.15, -0.1) is 0 Å². The summed E-state index contributed by atoms with van der Waals surface area (Å²) in [7, 11) is 1.72. The molecule has 0 saturated heterocycles. The number of fused-ring (bicyclic) bond motifs is 1. The van der Waals surface area contributed by atoms with E-state index in [4.69, 9.17) is 0 Å². The Labute approximate surface area is 183 Å². The third kappa shape index (κ3) is 4.03. The van der Waals surface area contributed by atoms with Gasteiger partial charge in [-0.05, 0) is 64.9 Å². The standard InChI is InChI=1S/C23H20IN3O2/c1-14-3-6-17(13-25-14)16-7-4-15(5-8-16)11-20-23(29)27(2)21-10-9-18(24)12-19(21)22(28)26-20/h3-10,12-13,20H,11H2,1-2H3,(H,26,28). The molecule has 0 bridgehead atoms. The summed E-state index contributed by atoms with van der Waals surface area (Å²) in [6.07, 6.45) is 2.29. The molecule has 5 nitrogen and oxygen atoms in total. The molecule has 0 spiro atoms. The van der Waals surface area contributed by atoms with Crippen LogP contribution >= 0.6 is 22.6 Å². The number of hydrogen-bond donors (Lipinski definition) is 1. The van der Waals surface area contributed by atoms with Crippen LogP contribution in [0.1, 0.15) is 21.6 Å². The highest BCUT2D eigenvalue weighted by Crippen LogP contribution is 2.26. The van der Waals surface area contributed by atoms with Crippen molar-refractivity contribution in [3.05, 3.63) is 81.2 Å². The third-order valence-electron chi connectivity index (χ3n) is 5.14.